The minimum atomic E-state index is -6.62. The summed E-state index contributed by atoms with van der Waals surface area (Å²) in [4.78, 5) is 23.3. The van der Waals surface area contributed by atoms with E-state index in [1.54, 1.807) is 24.3 Å². The normalized spacial score (nSPS) is 12.9. The lowest BCUT2D eigenvalue weighted by Gasteiger charge is -2.27. The number of hydrogen-bond donors (Lipinski definition) is 2. The molecule has 0 bridgehead atoms. The average Bonchev–Trinajstić information content (AvgIpc) is 2.73. The van der Waals surface area contributed by atoms with Crippen LogP contribution in [0.15, 0.2) is 53.6 Å². The van der Waals surface area contributed by atoms with Crippen molar-refractivity contribution in [3.05, 3.63) is 64.7 Å². The van der Waals surface area contributed by atoms with Crippen molar-refractivity contribution in [1.82, 2.24) is 5.43 Å². The summed E-state index contributed by atoms with van der Waals surface area (Å²) in [6.45, 7) is 1.48. The quantitative estimate of drug-likeness (QED) is 0.314. The van der Waals surface area contributed by atoms with E-state index in [0.717, 1.165) is 12.1 Å². The number of benzene rings is 2. The summed E-state index contributed by atoms with van der Waals surface area (Å²) in [7, 11) is 0. The van der Waals surface area contributed by atoms with Crippen molar-refractivity contribution in [3.63, 3.8) is 0 Å². The summed E-state index contributed by atoms with van der Waals surface area (Å²) >= 11 is 5.76. The molecule has 2 aromatic carbocycles. The minimum absolute atomic E-state index is 0.00961. The fraction of sp³-hybridized carbons (Fsp3) is 0.250. The Balaban J connectivity index is 2.01. The van der Waals surface area contributed by atoms with Gasteiger partial charge < -0.3 is 5.32 Å². The van der Waals surface area contributed by atoms with Crippen LogP contribution in [0.25, 0.3) is 0 Å². The SMILES string of the molecule is CC(=NNC(=O)Cc1ccc(Cl)cc1)c1ccc(NC(=O)C(F)(F)C(F)(F)C(F)(F)F)cc1. The molecule has 0 aliphatic heterocycles. The van der Waals surface area contributed by atoms with E-state index < -0.39 is 35.5 Å². The van der Waals surface area contributed by atoms with E-state index in [1.807, 2.05) is 0 Å². The number of hydrogen-bond acceptors (Lipinski definition) is 3. The molecule has 2 N–H and O–H groups in total. The Morgan fingerprint density at radius 1 is 0.909 bits per heavy atom. The molecule has 2 aromatic rings. The zero-order chi connectivity index (χ0) is 25.0. The van der Waals surface area contributed by atoms with E-state index in [4.69, 9.17) is 11.6 Å². The van der Waals surface area contributed by atoms with Gasteiger partial charge >= 0.3 is 23.9 Å². The third-order valence-electron chi connectivity index (χ3n) is 4.22. The van der Waals surface area contributed by atoms with E-state index in [-0.39, 0.29) is 12.1 Å². The van der Waals surface area contributed by atoms with Crippen LogP contribution < -0.4 is 10.7 Å². The lowest BCUT2D eigenvalue weighted by atomic mass is 10.1. The highest BCUT2D eigenvalue weighted by atomic mass is 35.5. The number of nitrogens with one attached hydrogen (secondary N) is 2. The lowest BCUT2D eigenvalue weighted by Crippen LogP contribution is -2.57. The molecule has 33 heavy (non-hydrogen) atoms. The molecule has 2 rings (SSSR count). The smallest absolute Gasteiger partial charge is 0.321 e. The number of nitrogens with zero attached hydrogens (tertiary/aromatic N) is 1. The standard InChI is InChI=1S/C20H15ClF7N3O2/c1-11(30-31-16(32)10-12-2-6-14(21)7-3-12)13-4-8-15(9-5-13)29-17(33)18(22,23)19(24,25)20(26,27)28/h2-9H,10H2,1H3,(H,29,33)(H,31,32). The van der Waals surface area contributed by atoms with Crippen molar-refractivity contribution in [3.8, 4) is 0 Å². The molecule has 0 fully saturated rings. The molecule has 0 saturated heterocycles. The molecule has 0 saturated carbocycles. The first-order valence-corrected chi connectivity index (χ1v) is 9.35. The maximum absolute atomic E-state index is 13.4. The first kappa shape index (κ1) is 26.1. The molecule has 0 aliphatic carbocycles. The maximum atomic E-state index is 13.4. The van der Waals surface area contributed by atoms with Crippen molar-refractivity contribution in [2.24, 2.45) is 5.10 Å². The summed E-state index contributed by atoms with van der Waals surface area (Å²) in [6, 6.07) is 10.9. The number of anilines is 1. The van der Waals surface area contributed by atoms with Crippen LogP contribution in [0.3, 0.4) is 0 Å². The second kappa shape index (κ2) is 9.77. The van der Waals surface area contributed by atoms with Gasteiger partial charge in [-0.2, -0.15) is 35.8 Å². The van der Waals surface area contributed by atoms with Gasteiger partial charge in [0.15, 0.2) is 0 Å². The van der Waals surface area contributed by atoms with Gasteiger partial charge in [0.05, 0.1) is 12.1 Å². The van der Waals surface area contributed by atoms with E-state index in [2.05, 4.69) is 10.5 Å². The third kappa shape index (κ3) is 6.21. The Bertz CT molecular complexity index is 1040. The van der Waals surface area contributed by atoms with Crippen LogP contribution in [0.2, 0.25) is 5.02 Å². The summed E-state index contributed by atoms with van der Waals surface area (Å²) in [5.41, 5.74) is 3.12. The summed E-state index contributed by atoms with van der Waals surface area (Å²) in [5, 5.41) is 5.68. The number of alkyl halides is 7. The molecule has 0 radical (unpaired) electrons. The molecule has 0 heterocycles. The Morgan fingerprint density at radius 3 is 1.97 bits per heavy atom. The molecule has 0 spiro atoms. The van der Waals surface area contributed by atoms with Gasteiger partial charge in [-0.05, 0) is 42.3 Å². The van der Waals surface area contributed by atoms with Crippen LogP contribution in [0.4, 0.5) is 36.4 Å². The van der Waals surface area contributed by atoms with Gasteiger partial charge in [-0.3, -0.25) is 9.59 Å². The predicted molar refractivity (Wildman–Crippen MR) is 107 cm³/mol. The van der Waals surface area contributed by atoms with Crippen molar-refractivity contribution in [1.29, 1.82) is 0 Å². The summed E-state index contributed by atoms with van der Waals surface area (Å²) in [5.74, 6) is -15.9. The summed E-state index contributed by atoms with van der Waals surface area (Å²) in [6.07, 6.45) is -6.61. The fourth-order valence-corrected chi connectivity index (χ4v) is 2.49. The number of amides is 2. The third-order valence-corrected chi connectivity index (χ3v) is 4.47. The monoisotopic (exact) mass is 497 g/mol. The molecule has 2 amide bonds. The maximum Gasteiger partial charge on any atom is 0.460 e. The van der Waals surface area contributed by atoms with Gasteiger partial charge in [0.2, 0.25) is 5.91 Å². The van der Waals surface area contributed by atoms with Crippen LogP contribution in [0, 0.1) is 0 Å². The topological polar surface area (TPSA) is 70.6 Å². The van der Waals surface area contributed by atoms with Crippen LogP contribution in [-0.4, -0.2) is 35.5 Å². The van der Waals surface area contributed by atoms with Crippen LogP contribution in [0.5, 0.6) is 0 Å². The van der Waals surface area contributed by atoms with Crippen molar-refractivity contribution < 1.29 is 40.3 Å². The molecule has 0 atom stereocenters. The zero-order valence-electron chi connectivity index (χ0n) is 16.6. The Hall–Kier alpha value is -3.15. The minimum Gasteiger partial charge on any atom is -0.321 e. The number of halogens is 8. The molecule has 178 valence electrons. The highest BCUT2D eigenvalue weighted by molar-refractivity contribution is 6.30. The van der Waals surface area contributed by atoms with Gasteiger partial charge in [-0.15, -0.1) is 0 Å². The van der Waals surface area contributed by atoms with Gasteiger partial charge in [0.1, 0.15) is 0 Å². The predicted octanol–water partition coefficient (Wildman–Crippen LogP) is 5.19. The molecule has 5 nitrogen and oxygen atoms in total. The average molecular weight is 498 g/mol. The van der Waals surface area contributed by atoms with Gasteiger partial charge in [-0.25, -0.2) is 5.43 Å². The fourth-order valence-electron chi connectivity index (χ4n) is 2.36. The highest BCUT2D eigenvalue weighted by Crippen LogP contribution is 2.46. The summed E-state index contributed by atoms with van der Waals surface area (Å²) < 4.78 is 89.2. The Morgan fingerprint density at radius 2 is 1.45 bits per heavy atom. The molecular formula is C20H15ClF7N3O2. The largest absolute Gasteiger partial charge is 0.460 e. The van der Waals surface area contributed by atoms with E-state index >= 15 is 0 Å². The van der Waals surface area contributed by atoms with Crippen molar-refractivity contribution in [2.45, 2.75) is 31.4 Å². The second-order valence-corrected chi connectivity index (χ2v) is 7.15. The zero-order valence-corrected chi connectivity index (χ0v) is 17.4. The van der Waals surface area contributed by atoms with Gasteiger partial charge in [-0.1, -0.05) is 35.9 Å². The van der Waals surface area contributed by atoms with Crippen LogP contribution in [-0.2, 0) is 16.0 Å². The number of carbonyl (C=O) groups is 2. The molecule has 0 aliphatic rings. The lowest BCUT2D eigenvalue weighted by molar-refractivity contribution is -0.343. The Kier molecular flexibility index (Phi) is 7.73. The van der Waals surface area contributed by atoms with Crippen LogP contribution in [0.1, 0.15) is 18.1 Å². The second-order valence-electron chi connectivity index (χ2n) is 6.71. The first-order chi connectivity index (χ1) is 15.1. The van der Waals surface area contributed by atoms with Crippen molar-refractivity contribution in [2.75, 3.05) is 5.32 Å². The molecule has 13 heteroatoms. The number of rotatable bonds is 7. The molecular weight excluding hydrogens is 483 g/mol. The van der Waals surface area contributed by atoms with Gasteiger partial charge in [0.25, 0.3) is 0 Å². The Labute approximate surface area is 187 Å². The molecule has 0 unspecified atom stereocenters. The van der Waals surface area contributed by atoms with Gasteiger partial charge in [0, 0.05) is 10.7 Å². The van der Waals surface area contributed by atoms with Crippen molar-refractivity contribution >= 4 is 34.8 Å². The van der Waals surface area contributed by atoms with Crippen LogP contribution >= 0.6 is 11.6 Å². The molecule has 0 aromatic heterocycles. The number of carbonyl (C=O) groups excluding carboxylic acids is 2. The number of hydrazone groups is 1. The highest BCUT2D eigenvalue weighted by Gasteiger charge is 2.76. The van der Waals surface area contributed by atoms with E-state index in [1.165, 1.54) is 24.4 Å². The first-order valence-electron chi connectivity index (χ1n) is 8.97. The van der Waals surface area contributed by atoms with E-state index in [9.17, 15) is 40.3 Å². The van der Waals surface area contributed by atoms with E-state index in [0.29, 0.717) is 16.1 Å².